The Morgan fingerprint density at radius 2 is 0.619 bits per heavy atom. The smallest absolute Gasteiger partial charge is 0.306 e. The number of hydrogen-bond acceptors (Lipinski definition) is 6. The molecule has 0 aromatic rings. The van der Waals surface area contributed by atoms with Crippen molar-refractivity contribution in [2.45, 2.75) is 245 Å². The van der Waals surface area contributed by atoms with E-state index < -0.39 is 6.10 Å². The van der Waals surface area contributed by atoms with Crippen LogP contribution in [-0.2, 0) is 28.6 Å². The molecule has 0 saturated heterocycles. The van der Waals surface area contributed by atoms with Gasteiger partial charge in [0.1, 0.15) is 13.2 Å². The highest BCUT2D eigenvalue weighted by atomic mass is 16.6. The first-order valence-corrected chi connectivity index (χ1v) is 26.1. The second-order valence-electron chi connectivity index (χ2n) is 17.0. The Hall–Kier alpha value is -3.41. The summed E-state index contributed by atoms with van der Waals surface area (Å²) < 4.78 is 16.8. The molecule has 360 valence electrons. The monoisotopic (exact) mass is 877 g/mol. The van der Waals surface area contributed by atoms with Crippen molar-refractivity contribution < 1.29 is 28.6 Å². The average Bonchev–Trinajstić information content (AvgIpc) is 3.28. The summed E-state index contributed by atoms with van der Waals surface area (Å²) in [6.45, 7) is 6.44. The summed E-state index contributed by atoms with van der Waals surface area (Å²) in [6, 6.07) is 0. The zero-order valence-corrected chi connectivity index (χ0v) is 41.1. The Morgan fingerprint density at radius 1 is 0.333 bits per heavy atom. The Morgan fingerprint density at radius 3 is 1.00 bits per heavy atom. The van der Waals surface area contributed by atoms with Crippen LogP contribution in [0.5, 0.6) is 0 Å². The first-order valence-electron chi connectivity index (χ1n) is 26.1. The molecule has 1 atom stereocenters. The summed E-state index contributed by atoms with van der Waals surface area (Å²) in [5.74, 6) is -0.947. The van der Waals surface area contributed by atoms with E-state index in [0.717, 1.165) is 116 Å². The normalized spacial score (nSPS) is 12.7. The van der Waals surface area contributed by atoms with Gasteiger partial charge in [-0.1, -0.05) is 189 Å². The van der Waals surface area contributed by atoms with Crippen molar-refractivity contribution in [1.82, 2.24) is 0 Å². The topological polar surface area (TPSA) is 78.9 Å². The van der Waals surface area contributed by atoms with E-state index in [4.69, 9.17) is 14.2 Å². The van der Waals surface area contributed by atoms with Gasteiger partial charge in [0.25, 0.3) is 0 Å². The van der Waals surface area contributed by atoms with E-state index in [1.807, 2.05) is 0 Å². The summed E-state index contributed by atoms with van der Waals surface area (Å²) in [5.41, 5.74) is 0. The van der Waals surface area contributed by atoms with Crippen LogP contribution in [0.2, 0.25) is 0 Å². The number of carbonyl (C=O) groups excluding carboxylic acids is 3. The molecule has 0 fully saturated rings. The van der Waals surface area contributed by atoms with Crippen molar-refractivity contribution in [1.29, 1.82) is 0 Å². The highest BCUT2D eigenvalue weighted by Gasteiger charge is 2.19. The third-order valence-electron chi connectivity index (χ3n) is 10.9. The number of rotatable bonds is 46. The molecule has 0 aliphatic rings. The van der Waals surface area contributed by atoms with Crippen molar-refractivity contribution in [3.8, 4) is 0 Å². The molecule has 63 heavy (non-hydrogen) atoms. The van der Waals surface area contributed by atoms with E-state index in [1.54, 1.807) is 0 Å². The lowest BCUT2D eigenvalue weighted by molar-refractivity contribution is -0.167. The molecule has 0 N–H and O–H groups in total. The highest BCUT2D eigenvalue weighted by molar-refractivity contribution is 5.71. The number of allylic oxidation sites excluding steroid dienone is 14. The first kappa shape index (κ1) is 59.6. The predicted octanol–water partition coefficient (Wildman–Crippen LogP) is 17.2. The fourth-order valence-corrected chi connectivity index (χ4v) is 6.93. The molecule has 0 heterocycles. The van der Waals surface area contributed by atoms with Crippen LogP contribution in [0.4, 0.5) is 0 Å². The Balaban J connectivity index is 4.46. The quantitative estimate of drug-likeness (QED) is 0.0262. The van der Waals surface area contributed by atoms with Gasteiger partial charge >= 0.3 is 17.9 Å². The first-order chi connectivity index (χ1) is 31.0. The van der Waals surface area contributed by atoms with Gasteiger partial charge in [-0.05, 0) is 116 Å². The number of hydrogen-bond donors (Lipinski definition) is 0. The maximum Gasteiger partial charge on any atom is 0.306 e. The molecule has 6 nitrogen and oxygen atoms in total. The molecule has 0 radical (unpaired) electrons. The van der Waals surface area contributed by atoms with Crippen LogP contribution in [0.3, 0.4) is 0 Å². The van der Waals surface area contributed by atoms with Crippen molar-refractivity contribution in [3.63, 3.8) is 0 Å². The van der Waals surface area contributed by atoms with Gasteiger partial charge < -0.3 is 14.2 Å². The van der Waals surface area contributed by atoms with E-state index in [0.29, 0.717) is 19.3 Å². The molecule has 0 aliphatic heterocycles. The van der Waals surface area contributed by atoms with Crippen LogP contribution in [0.25, 0.3) is 0 Å². The number of unbranched alkanes of at least 4 members (excludes halogenated alkanes) is 21. The van der Waals surface area contributed by atoms with Crippen molar-refractivity contribution in [2.24, 2.45) is 0 Å². The number of carbonyl (C=O) groups is 3. The molecule has 0 aromatic carbocycles. The molecule has 0 amide bonds. The van der Waals surface area contributed by atoms with Gasteiger partial charge in [0.05, 0.1) is 0 Å². The lowest BCUT2D eigenvalue weighted by atomic mass is 10.1. The van der Waals surface area contributed by atoms with E-state index in [-0.39, 0.29) is 31.1 Å². The summed E-state index contributed by atoms with van der Waals surface area (Å²) in [5, 5.41) is 0. The molecule has 0 bridgehead atoms. The molecule has 0 spiro atoms. The van der Waals surface area contributed by atoms with Gasteiger partial charge in [0.2, 0.25) is 0 Å². The van der Waals surface area contributed by atoms with E-state index >= 15 is 0 Å². The predicted molar refractivity (Wildman–Crippen MR) is 270 cm³/mol. The average molecular weight is 877 g/mol. The Kier molecular flexibility index (Phi) is 48.5. The molecular weight excluding hydrogens is 781 g/mol. The van der Waals surface area contributed by atoms with Crippen LogP contribution < -0.4 is 0 Å². The van der Waals surface area contributed by atoms with Crippen LogP contribution in [-0.4, -0.2) is 37.2 Å². The lowest BCUT2D eigenvalue weighted by Crippen LogP contribution is -2.30. The number of ether oxygens (including phenoxy) is 3. The minimum Gasteiger partial charge on any atom is -0.462 e. The standard InChI is InChI=1S/C57H96O6/c1-4-7-10-13-16-19-22-25-26-27-28-29-30-33-35-38-41-44-47-50-56(59)62-53-54(63-57(60)51-48-45-42-39-36-32-24-21-18-15-12-9-6-3)52-61-55(58)49-46-43-40-37-34-31-23-20-17-14-11-8-5-2/h7,10,16,19-21,23-26,28-29,33,35,54H,4-6,8-9,11-15,17-18,22,27,30-32,34,36-53H2,1-3H3/b10-7-,19-16-,23-20-,24-21-,26-25-,29-28-,35-33-/t54-/m1/s1. The molecular formula is C57H96O6. The third-order valence-corrected chi connectivity index (χ3v) is 10.9. The van der Waals surface area contributed by atoms with Gasteiger partial charge in [0.15, 0.2) is 6.10 Å². The van der Waals surface area contributed by atoms with E-state index in [1.165, 1.54) is 83.5 Å². The molecule has 0 unspecified atom stereocenters. The lowest BCUT2D eigenvalue weighted by Gasteiger charge is -2.18. The van der Waals surface area contributed by atoms with Crippen molar-refractivity contribution >= 4 is 17.9 Å². The molecule has 0 saturated carbocycles. The summed E-state index contributed by atoms with van der Waals surface area (Å²) in [7, 11) is 0. The van der Waals surface area contributed by atoms with E-state index in [2.05, 4.69) is 106 Å². The minimum atomic E-state index is -0.797. The largest absolute Gasteiger partial charge is 0.462 e. The zero-order chi connectivity index (χ0) is 45.8. The zero-order valence-electron chi connectivity index (χ0n) is 41.1. The fourth-order valence-electron chi connectivity index (χ4n) is 6.93. The fraction of sp³-hybridized carbons (Fsp3) is 0.702. The van der Waals surface area contributed by atoms with E-state index in [9.17, 15) is 14.4 Å². The minimum absolute atomic E-state index is 0.0952. The highest BCUT2D eigenvalue weighted by Crippen LogP contribution is 2.13. The van der Waals surface area contributed by atoms with Gasteiger partial charge in [-0.2, -0.15) is 0 Å². The van der Waals surface area contributed by atoms with Crippen LogP contribution in [0, 0.1) is 0 Å². The maximum absolute atomic E-state index is 12.8. The molecule has 6 heteroatoms. The van der Waals surface area contributed by atoms with Crippen molar-refractivity contribution in [3.05, 3.63) is 85.1 Å². The summed E-state index contributed by atoms with van der Waals surface area (Å²) in [6.07, 6.45) is 65.6. The molecule has 0 aromatic heterocycles. The van der Waals surface area contributed by atoms with Crippen LogP contribution in [0.1, 0.15) is 239 Å². The van der Waals surface area contributed by atoms with Gasteiger partial charge in [-0.25, -0.2) is 0 Å². The maximum atomic E-state index is 12.8. The third kappa shape index (κ3) is 49.5. The summed E-state index contributed by atoms with van der Waals surface area (Å²) in [4.78, 5) is 38.0. The SMILES string of the molecule is CC/C=C\C/C=C\C/C=C\C/C=C\C/C=C\CCCCCC(=O)OC[C@@H](COC(=O)CCCCCCC/C=C\CCCCCC)OC(=O)CCCCCCC/C=C\CCCCCC. The molecule has 0 rings (SSSR count). The van der Waals surface area contributed by atoms with Gasteiger partial charge in [-0.3, -0.25) is 14.4 Å². The second kappa shape index (κ2) is 51.2. The Labute approximate surface area is 388 Å². The van der Waals surface area contributed by atoms with Crippen LogP contribution in [0.15, 0.2) is 85.1 Å². The Bertz CT molecular complexity index is 1240. The second-order valence-corrected chi connectivity index (χ2v) is 17.0. The van der Waals surface area contributed by atoms with Gasteiger partial charge in [0, 0.05) is 19.3 Å². The van der Waals surface area contributed by atoms with Crippen molar-refractivity contribution in [2.75, 3.05) is 13.2 Å². The van der Waals surface area contributed by atoms with Gasteiger partial charge in [-0.15, -0.1) is 0 Å². The summed E-state index contributed by atoms with van der Waals surface area (Å²) >= 11 is 0. The number of esters is 3. The van der Waals surface area contributed by atoms with Crippen LogP contribution >= 0.6 is 0 Å². The molecule has 0 aliphatic carbocycles.